The lowest BCUT2D eigenvalue weighted by atomic mass is 9.88. The van der Waals surface area contributed by atoms with Gasteiger partial charge in [0.2, 0.25) is 5.91 Å². The summed E-state index contributed by atoms with van der Waals surface area (Å²) < 4.78 is 37.4. The lowest BCUT2D eigenvalue weighted by Gasteiger charge is -2.25. The third kappa shape index (κ3) is 30.0. The minimum atomic E-state index is -1.31. The van der Waals surface area contributed by atoms with Crippen LogP contribution in [0.2, 0.25) is 0 Å². The van der Waals surface area contributed by atoms with Crippen LogP contribution < -0.4 is 5.32 Å². The van der Waals surface area contributed by atoms with Crippen molar-refractivity contribution in [2.75, 3.05) is 73.6 Å². The van der Waals surface area contributed by atoms with E-state index in [9.17, 15) is 33.6 Å². The first-order chi connectivity index (χ1) is 30.7. The lowest BCUT2D eigenvalue weighted by Crippen LogP contribution is -2.38. The van der Waals surface area contributed by atoms with Crippen LogP contribution in [0.25, 0.3) is 0 Å². The highest BCUT2D eigenvalue weighted by atomic mass is 16.7. The molecular formula is C47H82N2O15. The van der Waals surface area contributed by atoms with Crippen LogP contribution >= 0.6 is 0 Å². The normalized spacial score (nSPS) is 14.0. The Bertz CT molecular complexity index is 1320. The Labute approximate surface area is 382 Å². The number of amides is 3. The second-order valence-corrected chi connectivity index (χ2v) is 17.3. The molecule has 0 saturated carbocycles. The maximum atomic E-state index is 13.8. The fourth-order valence-electron chi connectivity index (χ4n) is 6.80. The predicted molar refractivity (Wildman–Crippen MR) is 238 cm³/mol. The van der Waals surface area contributed by atoms with E-state index >= 15 is 0 Å². The number of imide groups is 1. The number of unbranched alkanes of at least 4 members (excludes halogenated alkanes) is 12. The number of carbonyl (C=O) groups excluding carboxylic acids is 7. The Morgan fingerprint density at radius 3 is 1.77 bits per heavy atom. The van der Waals surface area contributed by atoms with Crippen LogP contribution in [0.15, 0.2) is 0 Å². The molecule has 17 nitrogen and oxygen atoms in total. The molecule has 1 heterocycles. The predicted octanol–water partition coefficient (Wildman–Crippen LogP) is 6.54. The molecule has 1 saturated heterocycles. The number of nitrogens with one attached hydrogen (secondary N) is 1. The van der Waals surface area contributed by atoms with Crippen LogP contribution in [0.3, 0.4) is 0 Å². The van der Waals surface area contributed by atoms with Gasteiger partial charge >= 0.3 is 11.9 Å². The molecule has 0 spiro atoms. The number of ether oxygens (including phenoxy) is 7. The van der Waals surface area contributed by atoms with Crippen molar-refractivity contribution >= 4 is 41.2 Å². The number of esters is 1. The topological polar surface area (TPSA) is 209 Å². The van der Waals surface area contributed by atoms with Crippen LogP contribution in [0, 0.1) is 11.8 Å². The Morgan fingerprint density at radius 1 is 0.641 bits per heavy atom. The van der Waals surface area contributed by atoms with Crippen LogP contribution in [0.5, 0.6) is 0 Å². The van der Waals surface area contributed by atoms with E-state index in [4.69, 9.17) is 38.0 Å². The number of hydrogen-bond acceptors (Lipinski definition) is 15. The molecule has 64 heavy (non-hydrogen) atoms. The van der Waals surface area contributed by atoms with E-state index < -0.39 is 53.3 Å². The number of hydrogen-bond donors (Lipinski definition) is 1. The van der Waals surface area contributed by atoms with Crippen molar-refractivity contribution in [3.05, 3.63) is 0 Å². The SMILES string of the molecule is CCCCCCCCCCCCCCCC(C(=O)CC(CCC(=O)NCCOCCOCC(=O)CCCOCCOCC(OC)OC)C(=O)OC(C)(C)C)C(=O)ON1C(=O)CCC1=O. The fourth-order valence-corrected chi connectivity index (χ4v) is 6.80. The van der Waals surface area contributed by atoms with E-state index in [0.717, 1.165) is 25.7 Å². The average Bonchev–Trinajstić information content (AvgIpc) is 3.56. The molecule has 0 aromatic heterocycles. The molecule has 0 aliphatic carbocycles. The molecule has 1 aliphatic rings. The summed E-state index contributed by atoms with van der Waals surface area (Å²) in [6, 6.07) is 0. The molecule has 17 heteroatoms. The minimum Gasteiger partial charge on any atom is -0.460 e. The highest BCUT2D eigenvalue weighted by Crippen LogP contribution is 2.25. The summed E-state index contributed by atoms with van der Waals surface area (Å²) in [5, 5.41) is 3.16. The zero-order chi connectivity index (χ0) is 47.4. The first-order valence-electron chi connectivity index (χ1n) is 23.7. The Kier molecular flexibility index (Phi) is 33.8. The maximum Gasteiger partial charge on any atom is 0.343 e. The van der Waals surface area contributed by atoms with E-state index in [1.807, 2.05) is 0 Å². The molecule has 3 amide bonds. The number of methoxy groups -OCH3 is 2. The van der Waals surface area contributed by atoms with Gasteiger partial charge in [0.25, 0.3) is 11.8 Å². The molecule has 2 unspecified atom stereocenters. The van der Waals surface area contributed by atoms with Crippen LogP contribution in [-0.4, -0.2) is 132 Å². The van der Waals surface area contributed by atoms with E-state index in [0.29, 0.717) is 50.8 Å². The quantitative estimate of drug-likeness (QED) is 0.0227. The molecular weight excluding hydrogens is 833 g/mol. The van der Waals surface area contributed by atoms with Gasteiger partial charge in [0.15, 0.2) is 12.1 Å². The molecule has 1 N–H and O–H groups in total. The summed E-state index contributed by atoms with van der Waals surface area (Å²) in [6.07, 6.45) is 14.5. The first-order valence-corrected chi connectivity index (χ1v) is 23.7. The number of rotatable bonds is 42. The smallest absolute Gasteiger partial charge is 0.343 e. The summed E-state index contributed by atoms with van der Waals surface area (Å²) in [5.74, 6) is -6.34. The summed E-state index contributed by atoms with van der Waals surface area (Å²) in [5.41, 5.74) is -0.872. The van der Waals surface area contributed by atoms with Crippen molar-refractivity contribution in [2.45, 2.75) is 174 Å². The van der Waals surface area contributed by atoms with Crippen LogP contribution in [0.4, 0.5) is 0 Å². The van der Waals surface area contributed by atoms with Crippen LogP contribution in [0.1, 0.15) is 163 Å². The molecule has 0 radical (unpaired) electrons. The maximum absolute atomic E-state index is 13.8. The standard InChI is InChI=1S/C47H82N2O15/c1-7-8-9-10-11-12-13-14-15-16-17-18-19-22-39(46(56)64-49-42(53)25-26-43(49)54)40(51)34-37(45(55)63-47(2,3)4)23-24-41(52)48-27-29-60-31-32-61-35-38(50)21-20-28-59-30-33-62-36-44(57-5)58-6/h37,39,44H,7-36H2,1-6H3,(H,48,52). The monoisotopic (exact) mass is 915 g/mol. The van der Waals surface area contributed by atoms with E-state index in [1.54, 1.807) is 20.8 Å². The average molecular weight is 915 g/mol. The lowest BCUT2D eigenvalue weighted by molar-refractivity contribution is -0.201. The fraction of sp³-hybridized carbons (Fsp3) is 0.851. The highest BCUT2D eigenvalue weighted by molar-refractivity contribution is 6.04. The van der Waals surface area contributed by atoms with E-state index in [2.05, 4.69) is 12.2 Å². The Morgan fingerprint density at radius 2 is 1.19 bits per heavy atom. The third-order valence-corrected chi connectivity index (χ3v) is 10.5. The summed E-state index contributed by atoms with van der Waals surface area (Å²) >= 11 is 0. The molecule has 1 fully saturated rings. The van der Waals surface area contributed by atoms with Crippen molar-refractivity contribution in [3.8, 4) is 0 Å². The van der Waals surface area contributed by atoms with Gasteiger partial charge < -0.3 is 43.3 Å². The molecule has 2 atom stereocenters. The summed E-state index contributed by atoms with van der Waals surface area (Å²) in [6.45, 7) is 9.53. The van der Waals surface area contributed by atoms with Crippen molar-refractivity contribution < 1.29 is 71.6 Å². The Hall–Kier alpha value is -3.35. The summed E-state index contributed by atoms with van der Waals surface area (Å²) in [4.78, 5) is 95.0. The van der Waals surface area contributed by atoms with Gasteiger partial charge in [0.1, 0.15) is 23.9 Å². The van der Waals surface area contributed by atoms with Gasteiger partial charge in [-0.15, -0.1) is 5.06 Å². The number of Topliss-reactive ketones (excluding diaryl/α,β-unsaturated/α-hetero) is 2. The van der Waals surface area contributed by atoms with Crippen LogP contribution in [-0.2, 0) is 71.6 Å². The number of ketones is 2. The van der Waals surface area contributed by atoms with Crippen molar-refractivity contribution in [2.24, 2.45) is 11.8 Å². The van der Waals surface area contributed by atoms with E-state index in [1.165, 1.54) is 65.6 Å². The third-order valence-electron chi connectivity index (χ3n) is 10.5. The van der Waals surface area contributed by atoms with Gasteiger partial charge in [0.05, 0.1) is 45.6 Å². The van der Waals surface area contributed by atoms with Crippen molar-refractivity contribution in [1.29, 1.82) is 0 Å². The van der Waals surface area contributed by atoms with Gasteiger partial charge in [-0.3, -0.25) is 28.8 Å². The first kappa shape index (κ1) is 58.7. The molecule has 1 rings (SSSR count). The number of carbonyl (C=O) groups is 7. The van der Waals surface area contributed by atoms with Gasteiger partial charge in [0, 0.05) is 59.5 Å². The van der Waals surface area contributed by atoms with Crippen molar-refractivity contribution in [3.63, 3.8) is 0 Å². The number of nitrogens with zero attached hydrogens (tertiary/aromatic N) is 1. The summed E-state index contributed by atoms with van der Waals surface area (Å²) in [7, 11) is 3.07. The van der Waals surface area contributed by atoms with Gasteiger partial charge in [-0.25, -0.2) is 4.79 Å². The van der Waals surface area contributed by atoms with Gasteiger partial charge in [-0.05, 0) is 40.0 Å². The Balaban J connectivity index is 2.53. The molecule has 0 aromatic carbocycles. The molecule has 0 aromatic rings. The largest absolute Gasteiger partial charge is 0.460 e. The minimum absolute atomic E-state index is 0.0243. The second-order valence-electron chi connectivity index (χ2n) is 17.3. The van der Waals surface area contributed by atoms with E-state index in [-0.39, 0.29) is 83.2 Å². The number of hydroxylamine groups is 2. The van der Waals surface area contributed by atoms with Gasteiger partial charge in [-0.1, -0.05) is 90.4 Å². The zero-order valence-corrected chi connectivity index (χ0v) is 40.0. The van der Waals surface area contributed by atoms with Gasteiger partial charge in [-0.2, -0.15) is 0 Å². The molecule has 1 aliphatic heterocycles. The highest BCUT2D eigenvalue weighted by Gasteiger charge is 2.38. The van der Waals surface area contributed by atoms with Crippen molar-refractivity contribution in [1.82, 2.24) is 10.4 Å². The molecule has 370 valence electrons. The molecule has 0 bridgehead atoms. The zero-order valence-electron chi connectivity index (χ0n) is 40.0. The second kappa shape index (κ2) is 36.8.